The fourth-order valence-corrected chi connectivity index (χ4v) is 3.36. The second-order valence-electron chi connectivity index (χ2n) is 5.49. The van der Waals surface area contributed by atoms with E-state index in [1.54, 1.807) is 0 Å². The SMILES string of the molecule is COC(=O)c1ccc(CN2C(=O)S/C(=C/c3cc([N+](=O)[O-])ccc3Cl)C2=O)o1. The summed E-state index contributed by atoms with van der Waals surface area (Å²) in [6, 6.07) is 6.62. The lowest BCUT2D eigenvalue weighted by Gasteiger charge is -2.09. The average molecular weight is 423 g/mol. The number of ether oxygens (including phenoxy) is 1. The number of nitro benzene ring substituents is 1. The predicted octanol–water partition coefficient (Wildman–Crippen LogP) is 3.86. The Morgan fingerprint density at radius 1 is 1.36 bits per heavy atom. The lowest BCUT2D eigenvalue weighted by atomic mass is 10.2. The normalized spacial score (nSPS) is 15.4. The number of benzene rings is 1. The summed E-state index contributed by atoms with van der Waals surface area (Å²) < 4.78 is 9.79. The molecule has 0 aliphatic carbocycles. The van der Waals surface area contributed by atoms with Crippen molar-refractivity contribution in [2.45, 2.75) is 6.54 Å². The summed E-state index contributed by atoms with van der Waals surface area (Å²) in [4.78, 5) is 47.5. The van der Waals surface area contributed by atoms with Crippen LogP contribution < -0.4 is 0 Å². The summed E-state index contributed by atoms with van der Waals surface area (Å²) in [5, 5.41) is 10.6. The van der Waals surface area contributed by atoms with Crippen LogP contribution in [-0.4, -0.2) is 34.0 Å². The van der Waals surface area contributed by atoms with Gasteiger partial charge in [0.05, 0.1) is 23.5 Å². The number of nitro groups is 1. The van der Waals surface area contributed by atoms with Crippen LogP contribution in [0.2, 0.25) is 5.02 Å². The van der Waals surface area contributed by atoms with E-state index in [4.69, 9.17) is 16.0 Å². The second-order valence-corrected chi connectivity index (χ2v) is 6.89. The Morgan fingerprint density at radius 3 is 2.79 bits per heavy atom. The van der Waals surface area contributed by atoms with Crippen LogP contribution in [0, 0.1) is 10.1 Å². The van der Waals surface area contributed by atoms with Gasteiger partial charge in [-0.3, -0.25) is 24.6 Å². The second kappa shape index (κ2) is 7.87. The third kappa shape index (κ3) is 3.92. The Labute approximate surface area is 167 Å². The van der Waals surface area contributed by atoms with E-state index in [9.17, 15) is 24.5 Å². The standard InChI is InChI=1S/C17H11ClN2O7S/c1-26-16(22)13-5-3-11(27-13)8-19-15(21)14(28-17(19)23)7-9-6-10(20(24)25)2-4-12(9)18/h2-7H,8H2,1H3/b14-7+. The van der Waals surface area contributed by atoms with Gasteiger partial charge in [0, 0.05) is 22.7 Å². The van der Waals surface area contributed by atoms with E-state index in [1.807, 2.05) is 0 Å². The summed E-state index contributed by atoms with van der Waals surface area (Å²) in [5.74, 6) is -1.12. The van der Waals surface area contributed by atoms with Crippen molar-refractivity contribution in [3.05, 3.63) is 67.5 Å². The van der Waals surface area contributed by atoms with E-state index in [0.717, 1.165) is 4.90 Å². The molecule has 2 amide bonds. The molecule has 0 N–H and O–H groups in total. The largest absolute Gasteiger partial charge is 0.463 e. The Balaban J connectivity index is 1.83. The van der Waals surface area contributed by atoms with Crippen molar-refractivity contribution in [3.8, 4) is 0 Å². The molecule has 9 nitrogen and oxygen atoms in total. The van der Waals surface area contributed by atoms with Crippen LogP contribution in [0.4, 0.5) is 10.5 Å². The van der Waals surface area contributed by atoms with Crippen molar-refractivity contribution in [1.82, 2.24) is 4.90 Å². The number of furan rings is 1. The molecular weight excluding hydrogens is 412 g/mol. The van der Waals surface area contributed by atoms with Gasteiger partial charge in [-0.25, -0.2) is 4.79 Å². The zero-order chi connectivity index (χ0) is 20.4. The molecule has 28 heavy (non-hydrogen) atoms. The molecule has 1 aromatic carbocycles. The zero-order valence-corrected chi connectivity index (χ0v) is 15.8. The third-order valence-electron chi connectivity index (χ3n) is 3.71. The number of carbonyl (C=O) groups is 3. The van der Waals surface area contributed by atoms with Crippen molar-refractivity contribution >= 4 is 52.2 Å². The molecule has 11 heteroatoms. The van der Waals surface area contributed by atoms with Crippen LogP contribution in [0.1, 0.15) is 21.9 Å². The number of imide groups is 1. The number of carbonyl (C=O) groups excluding carboxylic acids is 3. The molecule has 1 aliphatic heterocycles. The van der Waals surface area contributed by atoms with E-state index < -0.39 is 22.0 Å². The van der Waals surface area contributed by atoms with Crippen LogP contribution in [0.25, 0.3) is 6.08 Å². The number of hydrogen-bond acceptors (Lipinski definition) is 8. The first kappa shape index (κ1) is 19.6. The molecule has 0 spiro atoms. The first-order valence-electron chi connectivity index (χ1n) is 7.66. The first-order valence-corrected chi connectivity index (χ1v) is 8.86. The van der Waals surface area contributed by atoms with Crippen LogP contribution in [0.15, 0.2) is 39.7 Å². The van der Waals surface area contributed by atoms with Crippen LogP contribution in [-0.2, 0) is 16.1 Å². The minimum absolute atomic E-state index is 0.0524. The number of nitrogens with zero attached hydrogens (tertiary/aromatic N) is 2. The van der Waals surface area contributed by atoms with Crippen LogP contribution in [0.3, 0.4) is 0 Å². The predicted molar refractivity (Wildman–Crippen MR) is 99.7 cm³/mol. The van der Waals surface area contributed by atoms with Gasteiger partial charge in [-0.1, -0.05) is 11.6 Å². The minimum Gasteiger partial charge on any atom is -0.463 e. The number of methoxy groups -OCH3 is 1. The molecule has 0 radical (unpaired) electrons. The van der Waals surface area contributed by atoms with Gasteiger partial charge >= 0.3 is 5.97 Å². The van der Waals surface area contributed by atoms with Crippen molar-refractivity contribution < 1.29 is 28.5 Å². The lowest BCUT2D eigenvalue weighted by Crippen LogP contribution is -2.27. The molecule has 2 heterocycles. The zero-order valence-electron chi connectivity index (χ0n) is 14.2. The summed E-state index contributed by atoms with van der Waals surface area (Å²) in [6.45, 7) is -0.179. The number of thioether (sulfide) groups is 1. The summed E-state index contributed by atoms with van der Waals surface area (Å²) in [5.41, 5.74) is 0.0492. The molecule has 0 saturated carbocycles. The maximum atomic E-state index is 12.6. The number of non-ortho nitro benzene ring substituents is 1. The fraction of sp³-hybridized carbons (Fsp3) is 0.118. The number of amides is 2. The Bertz CT molecular complexity index is 1030. The van der Waals surface area contributed by atoms with Gasteiger partial charge in [0.1, 0.15) is 5.76 Å². The van der Waals surface area contributed by atoms with E-state index in [0.29, 0.717) is 11.8 Å². The molecule has 3 rings (SSSR count). The van der Waals surface area contributed by atoms with Gasteiger partial charge in [0.2, 0.25) is 5.76 Å². The van der Waals surface area contributed by atoms with E-state index in [1.165, 1.54) is 43.5 Å². The van der Waals surface area contributed by atoms with Crippen molar-refractivity contribution in [2.24, 2.45) is 0 Å². The molecule has 1 aromatic heterocycles. The highest BCUT2D eigenvalue weighted by Gasteiger charge is 2.36. The number of hydrogen-bond donors (Lipinski definition) is 0. The highest BCUT2D eigenvalue weighted by molar-refractivity contribution is 8.18. The topological polar surface area (TPSA) is 120 Å². The molecule has 2 aromatic rings. The van der Waals surface area contributed by atoms with Gasteiger partial charge < -0.3 is 9.15 Å². The monoisotopic (exact) mass is 422 g/mol. The van der Waals surface area contributed by atoms with Gasteiger partial charge in [-0.05, 0) is 36.0 Å². The smallest absolute Gasteiger partial charge is 0.373 e. The van der Waals surface area contributed by atoms with E-state index in [-0.39, 0.29) is 39.2 Å². The van der Waals surface area contributed by atoms with Crippen LogP contribution in [0.5, 0.6) is 0 Å². The van der Waals surface area contributed by atoms with Gasteiger partial charge in [0.15, 0.2) is 0 Å². The quantitative estimate of drug-likeness (QED) is 0.308. The average Bonchev–Trinajstić information content (AvgIpc) is 3.23. The van der Waals surface area contributed by atoms with E-state index >= 15 is 0 Å². The molecule has 0 unspecified atom stereocenters. The molecule has 0 atom stereocenters. The maximum Gasteiger partial charge on any atom is 0.373 e. The third-order valence-corrected chi connectivity index (χ3v) is 4.96. The van der Waals surface area contributed by atoms with Crippen molar-refractivity contribution in [3.63, 3.8) is 0 Å². The Hall–Kier alpha value is -3.11. The van der Waals surface area contributed by atoms with Crippen molar-refractivity contribution in [2.75, 3.05) is 7.11 Å². The number of esters is 1. The summed E-state index contributed by atoms with van der Waals surface area (Å²) >= 11 is 6.70. The molecule has 1 aliphatic rings. The molecular formula is C17H11ClN2O7S. The Kier molecular flexibility index (Phi) is 5.52. The van der Waals surface area contributed by atoms with Gasteiger partial charge in [-0.2, -0.15) is 0 Å². The summed E-state index contributed by atoms with van der Waals surface area (Å²) in [7, 11) is 1.20. The van der Waals surface area contributed by atoms with Gasteiger partial charge in [0.25, 0.3) is 16.8 Å². The number of rotatable bonds is 5. The minimum atomic E-state index is -0.680. The van der Waals surface area contributed by atoms with E-state index in [2.05, 4.69) is 4.74 Å². The van der Waals surface area contributed by atoms with Gasteiger partial charge in [-0.15, -0.1) is 0 Å². The molecule has 0 bridgehead atoms. The van der Waals surface area contributed by atoms with Crippen LogP contribution >= 0.6 is 23.4 Å². The highest BCUT2D eigenvalue weighted by atomic mass is 35.5. The summed E-state index contributed by atoms with van der Waals surface area (Å²) in [6.07, 6.45) is 1.32. The Morgan fingerprint density at radius 2 is 2.11 bits per heavy atom. The molecule has 1 fully saturated rings. The lowest BCUT2D eigenvalue weighted by molar-refractivity contribution is -0.384. The maximum absolute atomic E-state index is 12.6. The number of halogens is 1. The first-order chi connectivity index (χ1) is 13.3. The highest BCUT2D eigenvalue weighted by Crippen LogP contribution is 2.35. The molecule has 1 saturated heterocycles. The molecule has 144 valence electrons. The fourth-order valence-electron chi connectivity index (χ4n) is 2.36. The van der Waals surface area contributed by atoms with Crippen molar-refractivity contribution in [1.29, 1.82) is 0 Å².